The summed E-state index contributed by atoms with van der Waals surface area (Å²) in [6, 6.07) is 0. The lowest BCUT2D eigenvalue weighted by Crippen LogP contribution is -2.34. The Hall–Kier alpha value is -1.18. The molecule has 0 spiro atoms. The van der Waals surface area contributed by atoms with Gasteiger partial charge in [0.25, 0.3) is 0 Å². The van der Waals surface area contributed by atoms with Crippen LogP contribution in [0.5, 0.6) is 0 Å². The van der Waals surface area contributed by atoms with Crippen molar-refractivity contribution >= 4 is 11.9 Å². The van der Waals surface area contributed by atoms with E-state index in [1.807, 2.05) is 0 Å². The van der Waals surface area contributed by atoms with Crippen LogP contribution in [-0.4, -0.2) is 69.2 Å². The Morgan fingerprint density at radius 2 is 1.81 bits per heavy atom. The third-order valence-electron chi connectivity index (χ3n) is 1.78. The summed E-state index contributed by atoms with van der Waals surface area (Å²) in [6.45, 7) is 0.0918. The predicted octanol–water partition coefficient (Wildman–Crippen LogP) is -1.40. The van der Waals surface area contributed by atoms with Gasteiger partial charge in [0.05, 0.1) is 34.1 Å². The van der Waals surface area contributed by atoms with E-state index in [1.54, 1.807) is 0 Å². The third kappa shape index (κ3) is 7.16. The number of rotatable bonds is 8. The van der Waals surface area contributed by atoms with Crippen molar-refractivity contribution in [3.8, 4) is 0 Å². The summed E-state index contributed by atoms with van der Waals surface area (Å²) >= 11 is 0. The van der Waals surface area contributed by atoms with Crippen molar-refractivity contribution in [2.75, 3.05) is 47.3 Å². The van der Waals surface area contributed by atoms with Crippen molar-refractivity contribution in [1.82, 2.24) is 4.90 Å². The van der Waals surface area contributed by atoms with Gasteiger partial charge in [0.15, 0.2) is 0 Å². The molecule has 0 aromatic heterocycles. The molecule has 0 aromatic rings. The minimum absolute atomic E-state index is 0.0193. The zero-order valence-electron chi connectivity index (χ0n) is 9.47. The van der Waals surface area contributed by atoms with Crippen LogP contribution in [0, 0.1) is 0 Å². The first-order valence-corrected chi connectivity index (χ1v) is 4.68. The average molecular weight is 235 g/mol. The van der Waals surface area contributed by atoms with E-state index in [4.69, 9.17) is 9.84 Å². The highest BCUT2D eigenvalue weighted by Crippen LogP contribution is 1.89. The van der Waals surface area contributed by atoms with E-state index >= 15 is 0 Å². The molecule has 0 rings (SSSR count). The van der Waals surface area contributed by atoms with Crippen molar-refractivity contribution in [1.29, 1.82) is 0 Å². The maximum Gasteiger partial charge on any atom is 0.331 e. The number of esters is 2. The first-order chi connectivity index (χ1) is 7.63. The summed E-state index contributed by atoms with van der Waals surface area (Å²) < 4.78 is 13.8. The number of ether oxygens (including phenoxy) is 3. The van der Waals surface area contributed by atoms with Crippen LogP contribution in [-0.2, 0) is 23.8 Å². The van der Waals surface area contributed by atoms with Crippen LogP contribution in [0.25, 0.3) is 0 Å². The van der Waals surface area contributed by atoms with Crippen molar-refractivity contribution < 1.29 is 28.9 Å². The van der Waals surface area contributed by atoms with Crippen LogP contribution in [0.4, 0.5) is 0 Å². The molecule has 0 heterocycles. The molecule has 0 unspecified atom stereocenters. The van der Waals surface area contributed by atoms with E-state index < -0.39 is 11.9 Å². The highest BCUT2D eigenvalue weighted by molar-refractivity contribution is 5.71. The standard InChI is InChI=1S/C9H17NO6/c1-14-8(12)5-10(7-11)3-4-16-6-9(13)15-2/h11H,3-7H2,1-2H3. The number of hydrogen-bond donors (Lipinski definition) is 1. The van der Waals surface area contributed by atoms with Gasteiger partial charge in [-0.15, -0.1) is 0 Å². The summed E-state index contributed by atoms with van der Waals surface area (Å²) in [6.07, 6.45) is 0. The summed E-state index contributed by atoms with van der Waals surface area (Å²) in [5.74, 6) is -0.912. The van der Waals surface area contributed by atoms with Crippen LogP contribution in [0.1, 0.15) is 0 Å². The topological polar surface area (TPSA) is 85.3 Å². The number of nitrogens with zero attached hydrogens (tertiary/aromatic N) is 1. The molecule has 1 N–H and O–H groups in total. The Morgan fingerprint density at radius 3 is 2.31 bits per heavy atom. The monoisotopic (exact) mass is 235 g/mol. The highest BCUT2D eigenvalue weighted by Gasteiger charge is 2.09. The van der Waals surface area contributed by atoms with Crippen LogP contribution < -0.4 is 0 Å². The van der Waals surface area contributed by atoms with E-state index in [2.05, 4.69) is 9.47 Å². The van der Waals surface area contributed by atoms with Crippen LogP contribution in [0.2, 0.25) is 0 Å². The molecule has 0 bridgehead atoms. The van der Waals surface area contributed by atoms with Gasteiger partial charge < -0.3 is 19.3 Å². The predicted molar refractivity (Wildman–Crippen MR) is 53.5 cm³/mol. The first-order valence-electron chi connectivity index (χ1n) is 4.68. The molecule has 7 heteroatoms. The molecule has 0 fully saturated rings. The summed E-state index contributed by atoms with van der Waals surface area (Å²) in [5, 5.41) is 8.90. The molecule has 0 atom stereocenters. The fraction of sp³-hybridized carbons (Fsp3) is 0.778. The second-order valence-electron chi connectivity index (χ2n) is 2.90. The molecule has 7 nitrogen and oxygen atoms in total. The van der Waals surface area contributed by atoms with E-state index in [9.17, 15) is 9.59 Å². The molecule has 0 aliphatic carbocycles. The van der Waals surface area contributed by atoms with Gasteiger partial charge in [-0.05, 0) is 0 Å². The number of carbonyl (C=O) groups is 2. The zero-order valence-corrected chi connectivity index (χ0v) is 9.47. The molecular formula is C9H17NO6. The second-order valence-corrected chi connectivity index (χ2v) is 2.90. The molecule has 94 valence electrons. The number of hydrogen-bond acceptors (Lipinski definition) is 7. The van der Waals surface area contributed by atoms with Crippen molar-refractivity contribution in [2.24, 2.45) is 0 Å². The Morgan fingerprint density at radius 1 is 1.19 bits per heavy atom. The van der Waals surface area contributed by atoms with Crippen LogP contribution in [0.15, 0.2) is 0 Å². The quantitative estimate of drug-likeness (QED) is 0.314. The minimum Gasteiger partial charge on any atom is -0.468 e. The van der Waals surface area contributed by atoms with Crippen molar-refractivity contribution in [2.45, 2.75) is 0 Å². The molecule has 0 radical (unpaired) electrons. The van der Waals surface area contributed by atoms with Gasteiger partial charge in [-0.1, -0.05) is 0 Å². The molecular weight excluding hydrogens is 218 g/mol. The lowest BCUT2D eigenvalue weighted by Gasteiger charge is -2.17. The number of aliphatic hydroxyl groups excluding tert-OH is 1. The molecule has 0 aromatic carbocycles. The smallest absolute Gasteiger partial charge is 0.331 e. The molecule has 0 saturated carbocycles. The normalized spacial score (nSPS) is 10.2. The Bertz CT molecular complexity index is 220. The van der Waals surface area contributed by atoms with Crippen molar-refractivity contribution in [3.63, 3.8) is 0 Å². The first kappa shape index (κ1) is 14.8. The maximum absolute atomic E-state index is 10.9. The molecule has 0 saturated heterocycles. The highest BCUT2D eigenvalue weighted by atomic mass is 16.6. The fourth-order valence-corrected chi connectivity index (χ4v) is 0.855. The molecule has 0 amide bonds. The second kappa shape index (κ2) is 9.08. The lowest BCUT2D eigenvalue weighted by atomic mass is 10.5. The molecule has 0 aliphatic heterocycles. The average Bonchev–Trinajstić information content (AvgIpc) is 2.32. The van der Waals surface area contributed by atoms with Gasteiger partial charge >= 0.3 is 11.9 Å². The van der Waals surface area contributed by atoms with E-state index in [0.717, 1.165) is 0 Å². The summed E-state index contributed by atoms with van der Waals surface area (Å²) in [5.41, 5.74) is 0. The van der Waals surface area contributed by atoms with E-state index in [1.165, 1.54) is 19.1 Å². The van der Waals surface area contributed by atoms with Crippen LogP contribution >= 0.6 is 0 Å². The Labute approximate surface area is 93.9 Å². The van der Waals surface area contributed by atoms with Gasteiger partial charge in [0, 0.05) is 6.54 Å². The third-order valence-corrected chi connectivity index (χ3v) is 1.78. The van der Waals surface area contributed by atoms with Gasteiger partial charge in [-0.3, -0.25) is 9.69 Å². The van der Waals surface area contributed by atoms with Crippen molar-refractivity contribution in [3.05, 3.63) is 0 Å². The van der Waals surface area contributed by atoms with Gasteiger partial charge in [0.1, 0.15) is 6.61 Å². The Balaban J connectivity index is 3.63. The minimum atomic E-state index is -0.469. The number of aliphatic hydroxyl groups is 1. The van der Waals surface area contributed by atoms with Crippen LogP contribution in [0.3, 0.4) is 0 Å². The van der Waals surface area contributed by atoms with Gasteiger partial charge in [-0.2, -0.15) is 0 Å². The number of methoxy groups -OCH3 is 2. The summed E-state index contributed by atoms with van der Waals surface area (Å²) in [4.78, 5) is 23.0. The Kier molecular flexibility index (Phi) is 8.41. The SMILES string of the molecule is COC(=O)COCCN(CO)CC(=O)OC. The zero-order chi connectivity index (χ0) is 12.4. The number of carbonyl (C=O) groups excluding carboxylic acids is 2. The molecule has 0 aliphatic rings. The fourth-order valence-electron chi connectivity index (χ4n) is 0.855. The maximum atomic E-state index is 10.9. The summed E-state index contributed by atoms with van der Waals surface area (Å²) in [7, 11) is 2.54. The van der Waals surface area contributed by atoms with E-state index in [-0.39, 0.29) is 26.5 Å². The van der Waals surface area contributed by atoms with Gasteiger partial charge in [-0.25, -0.2) is 4.79 Å². The van der Waals surface area contributed by atoms with E-state index in [0.29, 0.717) is 6.54 Å². The van der Waals surface area contributed by atoms with Gasteiger partial charge in [0.2, 0.25) is 0 Å². The molecule has 16 heavy (non-hydrogen) atoms. The largest absolute Gasteiger partial charge is 0.468 e. The lowest BCUT2D eigenvalue weighted by molar-refractivity contribution is -0.147.